The van der Waals surface area contributed by atoms with Gasteiger partial charge in [0.05, 0.1) is 5.69 Å². The number of carbonyl (C=O) groups excluding carboxylic acids is 2. The monoisotopic (exact) mass is 433 g/mol. The Bertz CT molecular complexity index is 785. The fraction of sp³-hybridized carbons (Fsp3) is 0.636. The molecule has 0 bridgehead atoms. The normalized spacial score (nSPS) is 19.4. The van der Waals surface area contributed by atoms with Gasteiger partial charge in [-0.05, 0) is 48.7 Å². The van der Waals surface area contributed by atoms with Crippen LogP contribution in [-0.4, -0.2) is 39.0 Å². The van der Waals surface area contributed by atoms with Crippen LogP contribution >= 0.6 is 0 Å². The first-order chi connectivity index (χ1) is 14.0. The number of rotatable bonds is 5. The zero-order valence-corrected chi connectivity index (χ0v) is 19.8. The molecule has 1 aliphatic carbocycles. The number of benzene rings is 1. The number of fused-ring (bicyclic) bond motifs is 1. The van der Waals surface area contributed by atoms with Crippen LogP contribution in [0.25, 0.3) is 0 Å². The van der Waals surface area contributed by atoms with Crippen molar-refractivity contribution in [2.45, 2.75) is 83.4 Å². The standard InChI is InChI=1S/C22H35N3O4Si/c1-22(2,3)30(4,5)29-19-14-28-18-12-15(10-11-17(18)25-19)13-23-20(26)21(27)24-16-8-6-7-9-16/h10-12,16,19,25H,6-9,13-14H2,1-5H3,(H,23,26)(H,24,27)/t19-/m1/s1. The van der Waals surface area contributed by atoms with Crippen LogP contribution in [0.1, 0.15) is 52.0 Å². The molecule has 0 spiro atoms. The highest BCUT2D eigenvalue weighted by Crippen LogP contribution is 2.39. The van der Waals surface area contributed by atoms with E-state index in [1.807, 2.05) is 18.2 Å². The van der Waals surface area contributed by atoms with Crippen LogP contribution in [0.15, 0.2) is 18.2 Å². The summed E-state index contributed by atoms with van der Waals surface area (Å²) in [5.41, 5.74) is 1.75. The van der Waals surface area contributed by atoms with Crippen LogP contribution in [0.5, 0.6) is 5.75 Å². The largest absolute Gasteiger partial charge is 0.487 e. The van der Waals surface area contributed by atoms with Crippen molar-refractivity contribution in [1.29, 1.82) is 0 Å². The molecule has 2 amide bonds. The van der Waals surface area contributed by atoms with Gasteiger partial charge in [0, 0.05) is 12.6 Å². The second kappa shape index (κ2) is 8.97. The molecule has 0 unspecified atom stereocenters. The van der Waals surface area contributed by atoms with Crippen molar-refractivity contribution in [2.24, 2.45) is 0 Å². The molecule has 30 heavy (non-hydrogen) atoms. The van der Waals surface area contributed by atoms with Crippen molar-refractivity contribution in [3.8, 4) is 5.75 Å². The van der Waals surface area contributed by atoms with Gasteiger partial charge < -0.3 is 25.1 Å². The molecule has 1 aromatic rings. The molecular formula is C22H35N3O4Si. The first-order valence-electron chi connectivity index (χ1n) is 10.8. The molecular weight excluding hydrogens is 398 g/mol. The van der Waals surface area contributed by atoms with Crippen molar-refractivity contribution >= 4 is 25.8 Å². The Labute approximate surface area is 180 Å². The summed E-state index contributed by atoms with van der Waals surface area (Å²) in [6, 6.07) is 5.86. The molecule has 1 aromatic carbocycles. The molecule has 0 aromatic heterocycles. The SMILES string of the molecule is CC(C)(C)[Si](C)(C)O[C@@H]1COc2cc(CNC(=O)C(=O)NC3CCCC3)ccc2N1. The summed E-state index contributed by atoms with van der Waals surface area (Å²) in [4.78, 5) is 24.1. The predicted octanol–water partition coefficient (Wildman–Crippen LogP) is 3.51. The van der Waals surface area contributed by atoms with Crippen LogP contribution in [0.2, 0.25) is 18.1 Å². The molecule has 1 atom stereocenters. The zero-order valence-electron chi connectivity index (χ0n) is 18.8. The van der Waals surface area contributed by atoms with Gasteiger partial charge in [-0.1, -0.05) is 39.7 Å². The van der Waals surface area contributed by atoms with Crippen molar-refractivity contribution in [3.63, 3.8) is 0 Å². The Morgan fingerprint density at radius 3 is 2.57 bits per heavy atom. The van der Waals surface area contributed by atoms with E-state index in [0.717, 1.165) is 42.7 Å². The minimum atomic E-state index is -1.90. The van der Waals surface area contributed by atoms with Gasteiger partial charge in [0.15, 0.2) is 14.5 Å². The summed E-state index contributed by atoms with van der Waals surface area (Å²) in [5.74, 6) is -0.419. The molecule has 1 saturated carbocycles. The lowest BCUT2D eigenvalue weighted by Gasteiger charge is -2.40. The van der Waals surface area contributed by atoms with Gasteiger partial charge in [-0.3, -0.25) is 9.59 Å². The molecule has 0 radical (unpaired) electrons. The molecule has 1 fully saturated rings. The number of nitrogens with one attached hydrogen (secondary N) is 3. The smallest absolute Gasteiger partial charge is 0.309 e. The lowest BCUT2D eigenvalue weighted by Crippen LogP contribution is -2.48. The molecule has 7 nitrogen and oxygen atoms in total. The molecule has 1 heterocycles. The van der Waals surface area contributed by atoms with Crippen LogP contribution in [0, 0.1) is 0 Å². The van der Waals surface area contributed by atoms with Crippen molar-refractivity contribution in [3.05, 3.63) is 23.8 Å². The number of amides is 2. The van der Waals surface area contributed by atoms with Gasteiger partial charge in [0.1, 0.15) is 12.4 Å². The van der Waals surface area contributed by atoms with Gasteiger partial charge >= 0.3 is 11.8 Å². The average Bonchev–Trinajstić information content (AvgIpc) is 3.17. The second-order valence-electron chi connectivity index (χ2n) is 9.79. The summed E-state index contributed by atoms with van der Waals surface area (Å²) in [5, 5.41) is 9.03. The van der Waals surface area contributed by atoms with Gasteiger partial charge in [-0.2, -0.15) is 0 Å². The third-order valence-corrected chi connectivity index (χ3v) is 10.8. The predicted molar refractivity (Wildman–Crippen MR) is 120 cm³/mol. The Morgan fingerprint density at radius 2 is 1.90 bits per heavy atom. The van der Waals surface area contributed by atoms with E-state index in [4.69, 9.17) is 9.16 Å². The molecule has 8 heteroatoms. The first kappa shape index (κ1) is 22.6. The molecule has 1 aliphatic heterocycles. The zero-order chi connectivity index (χ0) is 21.9. The maximum Gasteiger partial charge on any atom is 0.309 e. The van der Waals surface area contributed by atoms with E-state index in [0.29, 0.717) is 6.61 Å². The Kier molecular flexibility index (Phi) is 6.77. The molecule has 3 rings (SSSR count). The number of carbonyl (C=O) groups is 2. The van der Waals surface area contributed by atoms with Crippen molar-refractivity contribution in [2.75, 3.05) is 11.9 Å². The van der Waals surface area contributed by atoms with Gasteiger partial charge in [-0.15, -0.1) is 0 Å². The lowest BCUT2D eigenvalue weighted by atomic mass is 10.1. The molecule has 0 saturated heterocycles. The van der Waals surface area contributed by atoms with E-state index in [1.165, 1.54) is 0 Å². The van der Waals surface area contributed by atoms with Crippen molar-refractivity contribution in [1.82, 2.24) is 10.6 Å². The second-order valence-corrected chi connectivity index (χ2v) is 14.5. The van der Waals surface area contributed by atoms with E-state index in [-0.39, 0.29) is 23.9 Å². The average molecular weight is 434 g/mol. The fourth-order valence-electron chi connectivity index (χ4n) is 3.48. The number of ether oxygens (including phenoxy) is 1. The maximum atomic E-state index is 12.1. The Balaban J connectivity index is 1.52. The van der Waals surface area contributed by atoms with Crippen LogP contribution < -0.4 is 20.7 Å². The lowest BCUT2D eigenvalue weighted by molar-refractivity contribution is -0.139. The first-order valence-corrected chi connectivity index (χ1v) is 13.7. The van der Waals surface area contributed by atoms with E-state index in [1.54, 1.807) is 0 Å². The van der Waals surface area contributed by atoms with E-state index in [2.05, 4.69) is 49.8 Å². The highest BCUT2D eigenvalue weighted by Gasteiger charge is 2.40. The fourth-order valence-corrected chi connectivity index (χ4v) is 4.67. The number of hydrogen-bond donors (Lipinski definition) is 3. The minimum absolute atomic E-state index is 0.126. The van der Waals surface area contributed by atoms with Crippen LogP contribution in [0.3, 0.4) is 0 Å². The van der Waals surface area contributed by atoms with Crippen LogP contribution in [0.4, 0.5) is 5.69 Å². The molecule has 2 aliphatic rings. The molecule has 3 N–H and O–H groups in total. The van der Waals surface area contributed by atoms with Gasteiger partial charge in [0.25, 0.3) is 0 Å². The summed E-state index contributed by atoms with van der Waals surface area (Å²) >= 11 is 0. The minimum Gasteiger partial charge on any atom is -0.487 e. The van der Waals surface area contributed by atoms with E-state index in [9.17, 15) is 9.59 Å². The summed E-state index contributed by atoms with van der Waals surface area (Å²) < 4.78 is 12.3. The number of hydrogen-bond acceptors (Lipinski definition) is 5. The van der Waals surface area contributed by atoms with Gasteiger partial charge in [-0.25, -0.2) is 0 Å². The van der Waals surface area contributed by atoms with Gasteiger partial charge in [0.2, 0.25) is 0 Å². The highest BCUT2D eigenvalue weighted by molar-refractivity contribution is 6.74. The Morgan fingerprint density at radius 1 is 1.20 bits per heavy atom. The van der Waals surface area contributed by atoms with Crippen LogP contribution in [-0.2, 0) is 20.6 Å². The van der Waals surface area contributed by atoms with E-state index < -0.39 is 20.1 Å². The summed E-state index contributed by atoms with van der Waals surface area (Å²) in [6.45, 7) is 11.8. The summed E-state index contributed by atoms with van der Waals surface area (Å²) in [7, 11) is -1.90. The summed E-state index contributed by atoms with van der Waals surface area (Å²) in [6.07, 6.45) is 3.95. The highest BCUT2D eigenvalue weighted by atomic mass is 28.4. The van der Waals surface area contributed by atoms with Crippen molar-refractivity contribution < 1.29 is 18.8 Å². The third kappa shape index (κ3) is 5.54. The Hall–Kier alpha value is -2.06. The third-order valence-electron chi connectivity index (χ3n) is 6.35. The maximum absolute atomic E-state index is 12.1. The quantitative estimate of drug-likeness (QED) is 0.488. The topological polar surface area (TPSA) is 88.7 Å². The van der Waals surface area contributed by atoms with E-state index >= 15 is 0 Å². The number of anilines is 1. The molecule has 166 valence electrons.